The van der Waals surface area contributed by atoms with Crippen LogP contribution in [-0.4, -0.2) is 57.3 Å². The Hall–Kier alpha value is -1.83. The predicted molar refractivity (Wildman–Crippen MR) is 127 cm³/mol. The van der Waals surface area contributed by atoms with E-state index >= 15 is 0 Å². The van der Waals surface area contributed by atoms with E-state index in [-0.39, 0.29) is 54.0 Å². The van der Waals surface area contributed by atoms with Crippen LogP contribution in [0.1, 0.15) is 59.8 Å². The molecule has 0 aromatic heterocycles. The molecule has 1 heterocycles. The Morgan fingerprint density at radius 2 is 1.86 bits per heavy atom. The lowest BCUT2D eigenvalue weighted by atomic mass is 9.46. The van der Waals surface area contributed by atoms with Gasteiger partial charge in [0.05, 0.1) is 29.5 Å². The zero-order chi connectivity index (χ0) is 25.5. The van der Waals surface area contributed by atoms with E-state index in [1.807, 2.05) is 26.0 Å². The first-order valence-corrected chi connectivity index (χ1v) is 13.1. The van der Waals surface area contributed by atoms with Gasteiger partial charge in [-0.15, -0.1) is 0 Å². The van der Waals surface area contributed by atoms with Crippen molar-refractivity contribution < 1.29 is 34.4 Å². The fourth-order valence-corrected chi connectivity index (χ4v) is 8.55. The second-order valence-electron chi connectivity index (χ2n) is 12.3. The van der Waals surface area contributed by atoms with Crippen molar-refractivity contribution in [3.8, 4) is 0 Å². The number of hydrogen-bond donors (Lipinski definition) is 3. The topological polar surface area (TPSA) is 121 Å². The Balaban J connectivity index is 1.55. The number of aliphatic hydroxyl groups excluding tert-OH is 2. The van der Waals surface area contributed by atoms with Crippen LogP contribution in [0, 0.1) is 46.3 Å². The highest BCUT2D eigenvalue weighted by molar-refractivity contribution is 5.94. The third kappa shape index (κ3) is 3.17. The number of aliphatic hydroxyl groups is 3. The summed E-state index contributed by atoms with van der Waals surface area (Å²) in [4.78, 5) is 39.7. The van der Waals surface area contributed by atoms with Crippen LogP contribution in [0.4, 0.5) is 0 Å². The largest absolute Gasteiger partial charge is 0.459 e. The zero-order valence-corrected chi connectivity index (χ0v) is 21.1. The van der Waals surface area contributed by atoms with Gasteiger partial charge >= 0.3 is 5.97 Å². The maximum absolute atomic E-state index is 14.0. The summed E-state index contributed by atoms with van der Waals surface area (Å²) in [5.74, 6) is -2.46. The van der Waals surface area contributed by atoms with E-state index in [0.717, 1.165) is 5.57 Å². The second kappa shape index (κ2) is 8.09. The van der Waals surface area contributed by atoms with Gasteiger partial charge in [-0.1, -0.05) is 32.1 Å². The summed E-state index contributed by atoms with van der Waals surface area (Å²) >= 11 is 0. The lowest BCUT2D eigenvalue weighted by Gasteiger charge is -2.57. The Labute approximate surface area is 206 Å². The molecule has 11 atom stereocenters. The van der Waals surface area contributed by atoms with Crippen molar-refractivity contribution in [2.45, 2.75) is 77.6 Å². The van der Waals surface area contributed by atoms with Crippen molar-refractivity contribution in [3.63, 3.8) is 0 Å². The van der Waals surface area contributed by atoms with Gasteiger partial charge in [0, 0.05) is 18.8 Å². The maximum Gasteiger partial charge on any atom is 0.309 e. The predicted octanol–water partition coefficient (Wildman–Crippen LogP) is 2.37. The van der Waals surface area contributed by atoms with E-state index in [9.17, 15) is 29.7 Å². The Morgan fingerprint density at radius 1 is 1.14 bits per heavy atom. The number of esters is 1. The number of ketones is 2. The summed E-state index contributed by atoms with van der Waals surface area (Å²) in [6.07, 6.45) is 5.80. The quantitative estimate of drug-likeness (QED) is 0.524. The van der Waals surface area contributed by atoms with Gasteiger partial charge in [0.15, 0.2) is 0 Å². The normalized spacial score (nSPS) is 48.9. The molecule has 0 radical (unpaired) electrons. The molecule has 35 heavy (non-hydrogen) atoms. The first kappa shape index (κ1) is 24.8. The summed E-state index contributed by atoms with van der Waals surface area (Å²) < 4.78 is 5.65. The summed E-state index contributed by atoms with van der Waals surface area (Å²) in [6.45, 7) is 6.71. The minimum Gasteiger partial charge on any atom is -0.459 e. The number of Topliss-reactive ketones (excluding diaryl/α,β-unsaturated/α-hetero) is 2. The molecule has 3 N–H and O–H groups in total. The number of ether oxygens (including phenoxy) is 1. The van der Waals surface area contributed by atoms with Crippen molar-refractivity contribution in [2.75, 3.05) is 6.61 Å². The highest BCUT2D eigenvalue weighted by atomic mass is 16.6. The summed E-state index contributed by atoms with van der Waals surface area (Å²) in [5.41, 5.74) is -2.85. The molecule has 0 unspecified atom stereocenters. The third-order valence-corrected chi connectivity index (χ3v) is 10.8. The fraction of sp³-hybridized carbons (Fsp3) is 0.750. The van der Waals surface area contributed by atoms with Crippen LogP contribution in [-0.2, 0) is 19.1 Å². The van der Waals surface area contributed by atoms with Crippen LogP contribution in [0.5, 0.6) is 0 Å². The number of rotatable bonds is 3. The van der Waals surface area contributed by atoms with Crippen LogP contribution in [0.15, 0.2) is 23.8 Å². The molecule has 7 nitrogen and oxygen atoms in total. The smallest absolute Gasteiger partial charge is 0.309 e. The minimum atomic E-state index is -1.70. The highest BCUT2D eigenvalue weighted by Gasteiger charge is 2.71. The van der Waals surface area contributed by atoms with Gasteiger partial charge in [-0.2, -0.15) is 0 Å². The van der Waals surface area contributed by atoms with Crippen molar-refractivity contribution in [1.29, 1.82) is 0 Å². The van der Waals surface area contributed by atoms with E-state index in [1.54, 1.807) is 6.92 Å². The molecule has 1 aliphatic heterocycles. The van der Waals surface area contributed by atoms with Crippen molar-refractivity contribution >= 4 is 17.5 Å². The molecule has 5 rings (SSSR count). The lowest BCUT2D eigenvalue weighted by Crippen LogP contribution is -2.64. The SMILES string of the molecule is C[C@H]1C[C@H]([C@](C)(O)[C@H]2[C@@H](O)C[C@H]3[C@@H]4CC=C5C=CCC(=O)[C@]5(C)[C@H]4CC(=O)[C@]23CO)OC(=O)[C@@H]1C. The van der Waals surface area contributed by atoms with Crippen molar-refractivity contribution in [1.82, 2.24) is 0 Å². The van der Waals surface area contributed by atoms with E-state index in [0.29, 0.717) is 19.3 Å². The molecule has 0 aromatic rings. The molecule has 5 aliphatic rings. The average molecular weight is 487 g/mol. The molecule has 0 bridgehead atoms. The summed E-state index contributed by atoms with van der Waals surface area (Å²) in [5, 5.41) is 34.1. The van der Waals surface area contributed by atoms with Crippen LogP contribution in [0.3, 0.4) is 0 Å². The molecule has 4 aliphatic carbocycles. The standard InChI is InChI=1S/C28H38O7/c1-14-10-23(35-25(33)15(14)2)27(4,34)24-20(30)11-19-17-9-8-16-6-5-7-21(31)26(16,3)18(17)12-22(32)28(19,24)13-29/h5-6,8,14-15,17-20,23-24,29-30,34H,7,9-13H2,1-4H3/t14-,15+,17+,18-,19-,20-,23+,24+,26-,27-,28+/m0/s1. The van der Waals surface area contributed by atoms with Gasteiger partial charge in [-0.25, -0.2) is 0 Å². The van der Waals surface area contributed by atoms with Crippen molar-refractivity contribution in [3.05, 3.63) is 23.8 Å². The molecule has 0 spiro atoms. The van der Waals surface area contributed by atoms with Gasteiger partial charge < -0.3 is 20.1 Å². The second-order valence-corrected chi connectivity index (χ2v) is 12.3. The van der Waals surface area contributed by atoms with Crippen LogP contribution >= 0.6 is 0 Å². The lowest BCUT2D eigenvalue weighted by molar-refractivity contribution is -0.211. The molecular formula is C28H38O7. The fourth-order valence-electron chi connectivity index (χ4n) is 8.55. The zero-order valence-electron chi connectivity index (χ0n) is 21.1. The maximum atomic E-state index is 14.0. The average Bonchev–Trinajstić information content (AvgIpc) is 3.13. The van der Waals surface area contributed by atoms with E-state index in [4.69, 9.17) is 4.74 Å². The van der Waals surface area contributed by atoms with Gasteiger partial charge in [0.2, 0.25) is 0 Å². The van der Waals surface area contributed by atoms with Crippen molar-refractivity contribution in [2.24, 2.45) is 46.3 Å². The molecule has 192 valence electrons. The first-order valence-electron chi connectivity index (χ1n) is 13.1. The molecule has 3 fully saturated rings. The molecule has 0 amide bonds. The van der Waals surface area contributed by atoms with Gasteiger partial charge in [0.1, 0.15) is 23.3 Å². The van der Waals surface area contributed by atoms with Gasteiger partial charge in [-0.3, -0.25) is 14.4 Å². The molecule has 2 saturated carbocycles. The summed E-state index contributed by atoms with van der Waals surface area (Å²) in [7, 11) is 0. The number of carbonyl (C=O) groups is 3. The number of carbonyl (C=O) groups excluding carboxylic acids is 3. The van der Waals surface area contributed by atoms with Gasteiger partial charge in [0.25, 0.3) is 0 Å². The van der Waals surface area contributed by atoms with E-state index < -0.39 is 47.1 Å². The summed E-state index contributed by atoms with van der Waals surface area (Å²) in [6, 6.07) is 0. The molecule has 7 heteroatoms. The Kier molecular flexibility index (Phi) is 5.74. The third-order valence-electron chi connectivity index (χ3n) is 10.8. The number of hydrogen-bond acceptors (Lipinski definition) is 7. The first-order chi connectivity index (χ1) is 16.4. The minimum absolute atomic E-state index is 0.0224. The highest BCUT2D eigenvalue weighted by Crippen LogP contribution is 2.66. The van der Waals surface area contributed by atoms with E-state index in [2.05, 4.69) is 6.08 Å². The Morgan fingerprint density at radius 3 is 2.51 bits per heavy atom. The van der Waals surface area contributed by atoms with Crippen LogP contribution in [0.25, 0.3) is 0 Å². The number of fused-ring (bicyclic) bond motifs is 5. The van der Waals surface area contributed by atoms with Crippen LogP contribution < -0.4 is 0 Å². The van der Waals surface area contributed by atoms with Crippen LogP contribution in [0.2, 0.25) is 0 Å². The molecule has 1 saturated heterocycles. The molecular weight excluding hydrogens is 448 g/mol. The van der Waals surface area contributed by atoms with Gasteiger partial charge in [-0.05, 0) is 62.4 Å². The van der Waals surface area contributed by atoms with E-state index in [1.165, 1.54) is 6.92 Å². The Bertz CT molecular complexity index is 1010. The number of cyclic esters (lactones) is 1. The molecule has 0 aromatic carbocycles. The number of allylic oxidation sites excluding steroid dienone is 4. The monoisotopic (exact) mass is 486 g/mol.